The number of carbonyl (C=O) groups excluding carboxylic acids is 1. The van der Waals surface area contributed by atoms with Gasteiger partial charge in [0.05, 0.1) is 16.3 Å². The molecule has 0 bridgehead atoms. The van der Waals surface area contributed by atoms with E-state index in [1.807, 2.05) is 23.1 Å². The van der Waals surface area contributed by atoms with Gasteiger partial charge < -0.3 is 9.80 Å². The predicted molar refractivity (Wildman–Crippen MR) is 130 cm³/mol. The highest BCUT2D eigenvalue weighted by Crippen LogP contribution is 2.46. The van der Waals surface area contributed by atoms with E-state index in [1.54, 1.807) is 0 Å². The third-order valence-electron chi connectivity index (χ3n) is 7.16. The monoisotopic (exact) mass is 443 g/mol. The Morgan fingerprint density at radius 2 is 1.70 bits per heavy atom. The van der Waals surface area contributed by atoms with Crippen LogP contribution in [0.25, 0.3) is 10.1 Å². The first kappa shape index (κ1) is 20.7. The summed E-state index contributed by atoms with van der Waals surface area (Å²) in [6.45, 7) is 6.64. The van der Waals surface area contributed by atoms with Gasteiger partial charge in [0.15, 0.2) is 0 Å². The summed E-state index contributed by atoms with van der Waals surface area (Å²) >= 11 is 3.79. The first-order valence-corrected chi connectivity index (χ1v) is 13.5. The lowest BCUT2D eigenvalue weighted by Gasteiger charge is -2.36. The van der Waals surface area contributed by atoms with Gasteiger partial charge in [-0.2, -0.15) is 0 Å². The molecular formula is C24H33N3OS2. The summed E-state index contributed by atoms with van der Waals surface area (Å²) in [4.78, 5) is 20.2. The van der Waals surface area contributed by atoms with E-state index >= 15 is 0 Å². The summed E-state index contributed by atoms with van der Waals surface area (Å²) in [7, 11) is 0. The highest BCUT2D eigenvalue weighted by Gasteiger charge is 2.47. The van der Waals surface area contributed by atoms with E-state index in [1.165, 1.54) is 48.0 Å². The van der Waals surface area contributed by atoms with Crippen molar-refractivity contribution in [1.82, 2.24) is 9.80 Å². The Hall–Kier alpha value is -1.24. The molecule has 2 aliphatic heterocycles. The van der Waals surface area contributed by atoms with Gasteiger partial charge in [-0.05, 0) is 38.3 Å². The van der Waals surface area contributed by atoms with Crippen molar-refractivity contribution in [3.05, 3.63) is 29.6 Å². The minimum atomic E-state index is -0.0413. The Kier molecular flexibility index (Phi) is 6.26. The summed E-state index contributed by atoms with van der Waals surface area (Å²) in [5.41, 5.74) is 1.41. The summed E-state index contributed by atoms with van der Waals surface area (Å²) < 4.78 is 1.35. The maximum absolute atomic E-state index is 12.9. The second kappa shape index (κ2) is 9.09. The van der Waals surface area contributed by atoms with E-state index in [9.17, 15) is 4.79 Å². The van der Waals surface area contributed by atoms with Crippen molar-refractivity contribution in [2.24, 2.45) is 0 Å². The molecule has 5 rings (SSSR count). The summed E-state index contributed by atoms with van der Waals surface area (Å²) in [5.74, 6) is 1.37. The molecule has 30 heavy (non-hydrogen) atoms. The van der Waals surface area contributed by atoms with Gasteiger partial charge in [0.1, 0.15) is 0 Å². The Morgan fingerprint density at radius 3 is 2.53 bits per heavy atom. The van der Waals surface area contributed by atoms with Gasteiger partial charge in [-0.3, -0.25) is 9.69 Å². The second-order valence-electron chi connectivity index (χ2n) is 9.05. The SMILES string of the molecule is O=C1N(CCCCN2CCN(c3csc4ccccc34)CC2)CSC12CCCCC2. The lowest BCUT2D eigenvalue weighted by atomic mass is 9.87. The summed E-state index contributed by atoms with van der Waals surface area (Å²) in [6.07, 6.45) is 8.33. The number of piperazine rings is 1. The minimum absolute atomic E-state index is 0.0413. The zero-order valence-electron chi connectivity index (χ0n) is 17.9. The molecule has 0 unspecified atom stereocenters. The van der Waals surface area contributed by atoms with E-state index in [-0.39, 0.29) is 4.75 Å². The third kappa shape index (κ3) is 4.11. The molecule has 1 aromatic carbocycles. The lowest BCUT2D eigenvalue weighted by Crippen LogP contribution is -2.46. The molecule has 0 atom stereocenters. The molecule has 162 valence electrons. The molecule has 2 saturated heterocycles. The van der Waals surface area contributed by atoms with Crippen LogP contribution in [0, 0.1) is 0 Å². The molecule has 1 saturated carbocycles. The molecule has 3 aliphatic rings. The Labute approximate surface area is 188 Å². The van der Waals surface area contributed by atoms with E-state index in [0.29, 0.717) is 5.91 Å². The average molecular weight is 444 g/mol. The number of fused-ring (bicyclic) bond motifs is 1. The first-order valence-electron chi connectivity index (χ1n) is 11.6. The van der Waals surface area contributed by atoms with Gasteiger partial charge >= 0.3 is 0 Å². The molecule has 3 fully saturated rings. The van der Waals surface area contributed by atoms with Crippen molar-refractivity contribution >= 4 is 44.8 Å². The van der Waals surface area contributed by atoms with Gasteiger partial charge in [-0.1, -0.05) is 37.5 Å². The Bertz CT molecular complexity index is 868. The Morgan fingerprint density at radius 1 is 0.933 bits per heavy atom. The molecule has 0 radical (unpaired) electrons. The van der Waals surface area contributed by atoms with E-state index in [4.69, 9.17) is 0 Å². The third-order valence-corrected chi connectivity index (χ3v) is 9.69. The molecular weight excluding hydrogens is 410 g/mol. The van der Waals surface area contributed by atoms with E-state index in [0.717, 1.165) is 57.9 Å². The quantitative estimate of drug-likeness (QED) is 0.585. The van der Waals surface area contributed by atoms with Crippen molar-refractivity contribution in [2.75, 3.05) is 50.0 Å². The van der Waals surface area contributed by atoms with Crippen molar-refractivity contribution in [2.45, 2.75) is 49.7 Å². The van der Waals surface area contributed by atoms with Gasteiger partial charge in [0.2, 0.25) is 5.91 Å². The van der Waals surface area contributed by atoms with Crippen LogP contribution in [-0.2, 0) is 4.79 Å². The van der Waals surface area contributed by atoms with Crippen LogP contribution in [0.1, 0.15) is 44.9 Å². The zero-order chi connectivity index (χ0) is 20.4. The van der Waals surface area contributed by atoms with Crippen LogP contribution in [-0.4, -0.2) is 65.6 Å². The van der Waals surface area contributed by atoms with Gasteiger partial charge in [-0.15, -0.1) is 23.1 Å². The number of unbranched alkanes of at least 4 members (excludes halogenated alkanes) is 1. The first-order chi connectivity index (χ1) is 14.8. The van der Waals surface area contributed by atoms with Crippen LogP contribution in [0.2, 0.25) is 0 Å². The van der Waals surface area contributed by atoms with Gasteiger partial charge in [0, 0.05) is 48.2 Å². The molecule has 6 heteroatoms. The Balaban J connectivity index is 1.04. The standard InChI is InChI=1S/C24H33N3OS2/c28-23-24(10-4-1-5-11-24)30-19-27(23)13-7-6-12-25-14-16-26(17-15-25)21-18-29-22-9-3-2-8-20(21)22/h2-3,8-9,18H,1,4-7,10-17,19H2. The second-order valence-corrected chi connectivity index (χ2v) is 11.3. The molecule has 1 spiro atoms. The van der Waals surface area contributed by atoms with Crippen LogP contribution in [0.3, 0.4) is 0 Å². The molecule has 2 aromatic rings. The lowest BCUT2D eigenvalue weighted by molar-refractivity contribution is -0.132. The van der Waals surface area contributed by atoms with Crippen molar-refractivity contribution < 1.29 is 4.79 Å². The number of rotatable bonds is 6. The van der Waals surface area contributed by atoms with E-state index < -0.39 is 0 Å². The van der Waals surface area contributed by atoms with Crippen LogP contribution in [0.5, 0.6) is 0 Å². The average Bonchev–Trinajstić information content (AvgIpc) is 3.35. The fourth-order valence-electron chi connectivity index (χ4n) is 5.32. The number of thioether (sulfide) groups is 1. The van der Waals surface area contributed by atoms with Crippen molar-refractivity contribution in [3.63, 3.8) is 0 Å². The van der Waals surface area contributed by atoms with Crippen molar-refractivity contribution in [1.29, 1.82) is 0 Å². The highest BCUT2D eigenvalue weighted by atomic mass is 32.2. The van der Waals surface area contributed by atoms with Crippen LogP contribution in [0.4, 0.5) is 5.69 Å². The minimum Gasteiger partial charge on any atom is -0.368 e. The number of benzene rings is 1. The number of hydrogen-bond acceptors (Lipinski definition) is 5. The molecule has 1 aromatic heterocycles. The number of amides is 1. The fraction of sp³-hybridized carbons (Fsp3) is 0.625. The zero-order valence-corrected chi connectivity index (χ0v) is 19.5. The smallest absolute Gasteiger partial charge is 0.239 e. The van der Waals surface area contributed by atoms with Gasteiger partial charge in [0.25, 0.3) is 0 Å². The number of carbonyl (C=O) groups is 1. The topological polar surface area (TPSA) is 26.8 Å². The predicted octanol–water partition coefficient (Wildman–Crippen LogP) is 5.04. The molecule has 1 amide bonds. The maximum atomic E-state index is 12.9. The van der Waals surface area contributed by atoms with Gasteiger partial charge in [-0.25, -0.2) is 0 Å². The highest BCUT2D eigenvalue weighted by molar-refractivity contribution is 8.01. The maximum Gasteiger partial charge on any atom is 0.239 e. The number of nitrogens with zero attached hydrogens (tertiary/aromatic N) is 3. The molecule has 3 heterocycles. The number of anilines is 1. The summed E-state index contributed by atoms with van der Waals surface area (Å²) in [5, 5.41) is 3.73. The molecule has 0 N–H and O–H groups in total. The molecule has 4 nitrogen and oxygen atoms in total. The number of thiophene rings is 1. The van der Waals surface area contributed by atoms with E-state index in [2.05, 4.69) is 44.3 Å². The summed E-state index contributed by atoms with van der Waals surface area (Å²) in [6, 6.07) is 8.75. The number of hydrogen-bond donors (Lipinski definition) is 0. The van der Waals surface area contributed by atoms with Crippen LogP contribution >= 0.6 is 23.1 Å². The fourth-order valence-corrected chi connectivity index (χ4v) is 7.77. The van der Waals surface area contributed by atoms with Crippen LogP contribution < -0.4 is 4.90 Å². The largest absolute Gasteiger partial charge is 0.368 e. The normalized spacial score (nSPS) is 22.5. The van der Waals surface area contributed by atoms with Crippen molar-refractivity contribution in [3.8, 4) is 0 Å². The molecule has 1 aliphatic carbocycles. The van der Waals surface area contributed by atoms with Crippen LogP contribution in [0.15, 0.2) is 29.6 Å².